The van der Waals surface area contributed by atoms with E-state index in [2.05, 4.69) is 6.58 Å². The molecule has 8 nitrogen and oxygen atoms in total. The van der Waals surface area contributed by atoms with E-state index in [4.69, 9.17) is 9.47 Å². The maximum atomic E-state index is 14.7. The normalized spacial score (nSPS) is 36.8. The van der Waals surface area contributed by atoms with Crippen LogP contribution in [0, 0.1) is 23.7 Å². The number of hydrogen-bond acceptors (Lipinski definition) is 6. The number of likely N-dealkylation sites (tertiary alicyclic amines) is 1. The average Bonchev–Trinajstić information content (AvgIpc) is 3.40. The number of nitrogens with zero attached hydrogens (tertiary/aromatic N) is 2. The molecule has 0 aromatic rings. The summed E-state index contributed by atoms with van der Waals surface area (Å²) >= 11 is 0. The van der Waals surface area contributed by atoms with Crippen LogP contribution in [0.15, 0.2) is 12.7 Å². The number of carbonyl (C=O) groups is 3. The standard InChI is InChI=1S/C29H46N2O6/c1-7-15-30(20-13-11-10-12-14-20)26(34)24-29-16-19(5)28(6,37-29)23(27(35)36-9-3)22(29)25(33)31(24)21(17-32)18(4)8-2/h7,18-24,32H,1,8-17H2,2-6H3/t18-,19?,21-,22-,23-,24?,28+,29?/m0/s1. The molecule has 1 saturated carbocycles. The van der Waals surface area contributed by atoms with Gasteiger partial charge < -0.3 is 24.4 Å². The van der Waals surface area contributed by atoms with Crippen LogP contribution in [0.5, 0.6) is 0 Å². The molecule has 8 heteroatoms. The van der Waals surface area contributed by atoms with Gasteiger partial charge in [0.05, 0.1) is 30.8 Å². The van der Waals surface area contributed by atoms with E-state index in [-0.39, 0.29) is 42.9 Å². The third kappa shape index (κ3) is 4.22. The van der Waals surface area contributed by atoms with E-state index in [9.17, 15) is 19.5 Å². The fraction of sp³-hybridized carbons (Fsp3) is 0.828. The maximum absolute atomic E-state index is 14.7. The largest absolute Gasteiger partial charge is 0.466 e. The monoisotopic (exact) mass is 518 g/mol. The minimum absolute atomic E-state index is 0.0340. The summed E-state index contributed by atoms with van der Waals surface area (Å²) in [6.07, 6.45) is 8.13. The molecular formula is C29H46N2O6. The Kier molecular flexibility index (Phi) is 8.11. The Morgan fingerprint density at radius 3 is 2.54 bits per heavy atom. The van der Waals surface area contributed by atoms with Crippen molar-refractivity contribution in [2.75, 3.05) is 19.8 Å². The SMILES string of the molecule is C=CCN(C(=O)C1N([C@@H](CO)[C@@H](C)CC)C(=O)[C@@H]2[C@@H](C(=O)OCC)[C@]3(C)OC12CC3C)C1CCCCC1. The van der Waals surface area contributed by atoms with Crippen molar-refractivity contribution in [2.24, 2.45) is 23.7 Å². The van der Waals surface area contributed by atoms with E-state index in [1.54, 1.807) is 17.9 Å². The second kappa shape index (κ2) is 10.7. The Balaban J connectivity index is 1.85. The minimum Gasteiger partial charge on any atom is -0.466 e. The van der Waals surface area contributed by atoms with E-state index in [1.165, 1.54) is 0 Å². The van der Waals surface area contributed by atoms with E-state index in [1.807, 2.05) is 32.6 Å². The Hall–Kier alpha value is -1.93. The zero-order valence-electron chi connectivity index (χ0n) is 23.3. The van der Waals surface area contributed by atoms with Crippen molar-refractivity contribution < 1.29 is 29.0 Å². The topological polar surface area (TPSA) is 96.4 Å². The number of rotatable bonds is 10. The minimum atomic E-state index is -1.13. The molecule has 37 heavy (non-hydrogen) atoms. The quantitative estimate of drug-likeness (QED) is 0.352. The molecular weight excluding hydrogens is 472 g/mol. The van der Waals surface area contributed by atoms with E-state index >= 15 is 0 Å². The first kappa shape index (κ1) is 28.1. The summed E-state index contributed by atoms with van der Waals surface area (Å²) in [6.45, 7) is 14.0. The second-order valence-corrected chi connectivity index (χ2v) is 11.9. The van der Waals surface area contributed by atoms with E-state index in [0.717, 1.165) is 38.5 Å². The third-order valence-corrected chi connectivity index (χ3v) is 10.00. The van der Waals surface area contributed by atoms with Gasteiger partial charge in [0.2, 0.25) is 11.8 Å². The van der Waals surface area contributed by atoms with Gasteiger partial charge in [0.25, 0.3) is 0 Å². The number of esters is 1. The van der Waals surface area contributed by atoms with Gasteiger partial charge in [-0.15, -0.1) is 6.58 Å². The molecule has 1 N–H and O–H groups in total. The fourth-order valence-corrected chi connectivity index (χ4v) is 7.83. The summed E-state index contributed by atoms with van der Waals surface area (Å²) in [7, 11) is 0. The fourth-order valence-electron chi connectivity index (χ4n) is 7.83. The van der Waals surface area contributed by atoms with Gasteiger partial charge in [0.15, 0.2) is 0 Å². The van der Waals surface area contributed by atoms with Crippen LogP contribution in [0.1, 0.15) is 79.6 Å². The first-order valence-corrected chi connectivity index (χ1v) is 14.3. The predicted molar refractivity (Wildman–Crippen MR) is 139 cm³/mol. The molecule has 8 atom stereocenters. The van der Waals surface area contributed by atoms with Crippen molar-refractivity contribution in [1.82, 2.24) is 9.80 Å². The van der Waals surface area contributed by atoms with Gasteiger partial charge in [-0.25, -0.2) is 0 Å². The molecule has 3 heterocycles. The predicted octanol–water partition coefficient (Wildman–Crippen LogP) is 3.31. The summed E-state index contributed by atoms with van der Waals surface area (Å²) in [6, 6.07) is -1.37. The van der Waals surface area contributed by atoms with Crippen molar-refractivity contribution in [2.45, 2.75) is 109 Å². The Morgan fingerprint density at radius 2 is 1.97 bits per heavy atom. The average molecular weight is 519 g/mol. The van der Waals surface area contributed by atoms with Crippen molar-refractivity contribution >= 4 is 17.8 Å². The molecule has 0 aromatic carbocycles. The molecule has 4 fully saturated rings. The number of aliphatic hydroxyl groups excluding tert-OH is 1. The van der Waals surface area contributed by atoms with Gasteiger partial charge in [0.1, 0.15) is 17.6 Å². The van der Waals surface area contributed by atoms with Gasteiger partial charge in [-0.1, -0.05) is 52.5 Å². The van der Waals surface area contributed by atoms with Crippen LogP contribution in [0.4, 0.5) is 0 Å². The first-order valence-electron chi connectivity index (χ1n) is 14.3. The molecule has 3 saturated heterocycles. The summed E-state index contributed by atoms with van der Waals surface area (Å²) in [5, 5.41) is 10.5. The van der Waals surface area contributed by atoms with Crippen molar-refractivity contribution in [1.29, 1.82) is 0 Å². The van der Waals surface area contributed by atoms with Crippen LogP contribution in [-0.2, 0) is 23.9 Å². The van der Waals surface area contributed by atoms with Crippen LogP contribution in [0.3, 0.4) is 0 Å². The lowest BCUT2D eigenvalue weighted by molar-refractivity contribution is -0.164. The molecule has 3 unspecified atom stereocenters. The summed E-state index contributed by atoms with van der Waals surface area (Å²) in [5.41, 5.74) is -2.02. The lowest BCUT2D eigenvalue weighted by atomic mass is 9.62. The van der Waals surface area contributed by atoms with Gasteiger partial charge in [-0.3, -0.25) is 14.4 Å². The lowest BCUT2D eigenvalue weighted by Crippen LogP contribution is -2.61. The second-order valence-electron chi connectivity index (χ2n) is 11.9. The molecule has 0 aromatic heterocycles. The van der Waals surface area contributed by atoms with Crippen LogP contribution in [0.2, 0.25) is 0 Å². The van der Waals surface area contributed by atoms with E-state index in [0.29, 0.717) is 13.0 Å². The van der Waals surface area contributed by atoms with E-state index < -0.39 is 41.1 Å². The molecule has 0 radical (unpaired) electrons. The smallest absolute Gasteiger partial charge is 0.312 e. The highest BCUT2D eigenvalue weighted by Gasteiger charge is 2.81. The Morgan fingerprint density at radius 1 is 1.30 bits per heavy atom. The van der Waals surface area contributed by atoms with Crippen molar-refractivity contribution in [3.63, 3.8) is 0 Å². The van der Waals surface area contributed by atoms with Crippen molar-refractivity contribution in [3.05, 3.63) is 12.7 Å². The lowest BCUT2D eigenvalue weighted by Gasteiger charge is -2.43. The summed E-state index contributed by atoms with van der Waals surface area (Å²) < 4.78 is 12.3. The molecule has 1 aliphatic carbocycles. The Bertz CT molecular complexity index is 903. The Labute approximate surface area is 221 Å². The first-order chi connectivity index (χ1) is 17.6. The molecule has 208 valence electrons. The molecule has 4 aliphatic rings. The number of ether oxygens (including phenoxy) is 2. The number of carbonyl (C=O) groups excluding carboxylic acids is 3. The highest BCUT2D eigenvalue weighted by atomic mass is 16.6. The molecule has 2 bridgehead atoms. The van der Waals surface area contributed by atoms with Crippen LogP contribution >= 0.6 is 0 Å². The van der Waals surface area contributed by atoms with Gasteiger partial charge in [0, 0.05) is 12.6 Å². The maximum Gasteiger partial charge on any atom is 0.312 e. The van der Waals surface area contributed by atoms with Gasteiger partial charge >= 0.3 is 5.97 Å². The molecule has 4 rings (SSSR count). The number of hydrogen-bond donors (Lipinski definition) is 1. The molecule has 2 amide bonds. The van der Waals surface area contributed by atoms with Crippen molar-refractivity contribution in [3.8, 4) is 0 Å². The number of amides is 2. The van der Waals surface area contributed by atoms with Crippen LogP contribution < -0.4 is 0 Å². The highest BCUT2D eigenvalue weighted by molar-refractivity contribution is 5.99. The summed E-state index contributed by atoms with van der Waals surface area (Å²) in [4.78, 5) is 45.9. The summed E-state index contributed by atoms with van der Waals surface area (Å²) in [5.74, 6) is -2.53. The number of fused-ring (bicyclic) bond motifs is 1. The zero-order valence-corrected chi connectivity index (χ0v) is 23.3. The molecule has 1 spiro atoms. The van der Waals surface area contributed by atoms with Gasteiger partial charge in [-0.05, 0) is 44.9 Å². The van der Waals surface area contributed by atoms with Crippen LogP contribution in [0.25, 0.3) is 0 Å². The van der Waals surface area contributed by atoms with Crippen LogP contribution in [-0.4, -0.2) is 81.8 Å². The third-order valence-electron chi connectivity index (χ3n) is 10.00. The number of aliphatic hydroxyl groups is 1. The zero-order chi connectivity index (χ0) is 27.1. The van der Waals surface area contributed by atoms with Gasteiger partial charge in [-0.2, -0.15) is 0 Å². The molecule has 3 aliphatic heterocycles. The highest BCUT2D eigenvalue weighted by Crippen LogP contribution is 2.66.